The molecule has 0 aliphatic carbocycles. The van der Waals surface area contributed by atoms with Gasteiger partial charge in [-0.1, -0.05) is 16.8 Å². The zero-order valence-electron chi connectivity index (χ0n) is 12.2. The number of carbonyl (C=O) groups excluding carboxylic acids is 1. The first kappa shape index (κ1) is 15.1. The molecule has 1 aliphatic heterocycles. The molecule has 2 aromatic rings. The zero-order chi connectivity index (χ0) is 15.5. The molecule has 3 rings (SSSR count). The van der Waals surface area contributed by atoms with Crippen LogP contribution in [-0.2, 0) is 16.0 Å². The first-order chi connectivity index (χ1) is 10.6. The minimum absolute atomic E-state index is 0.0594. The molecule has 1 N–H and O–H groups in total. The Hall–Kier alpha value is -1.86. The lowest BCUT2D eigenvalue weighted by atomic mass is 10.2. The van der Waals surface area contributed by atoms with Gasteiger partial charge in [0.25, 0.3) is 0 Å². The molecular weight excluding hydrogens is 308 g/mol. The van der Waals surface area contributed by atoms with Gasteiger partial charge in [0.05, 0.1) is 13.2 Å². The number of aryl methyl sites for hydroxylation is 2. The van der Waals surface area contributed by atoms with Crippen molar-refractivity contribution in [2.45, 2.75) is 25.9 Å². The molecule has 8 heteroatoms. The second kappa shape index (κ2) is 6.50. The Bertz CT molecular complexity index is 654. The Kier molecular flexibility index (Phi) is 4.44. The number of morpholine rings is 1. The number of H-pyrrole nitrogens is 1. The summed E-state index contributed by atoms with van der Waals surface area (Å²) in [6.45, 7) is 3.53. The highest BCUT2D eigenvalue weighted by molar-refractivity contribution is 6.29. The SMILES string of the molecule is Cc1cnc([C@@H]2CN(C(=O)CCc3cc(Cl)no3)CCO2)[nH]1. The lowest BCUT2D eigenvalue weighted by molar-refractivity contribution is -0.139. The fraction of sp³-hybridized carbons (Fsp3) is 0.500. The first-order valence-corrected chi connectivity index (χ1v) is 7.51. The van der Waals surface area contributed by atoms with Gasteiger partial charge in [-0.15, -0.1) is 0 Å². The largest absolute Gasteiger partial charge is 0.367 e. The van der Waals surface area contributed by atoms with Gasteiger partial charge in [0.15, 0.2) is 5.15 Å². The number of hydrogen-bond donors (Lipinski definition) is 1. The molecule has 0 aromatic carbocycles. The molecule has 1 aliphatic rings. The molecule has 1 atom stereocenters. The van der Waals surface area contributed by atoms with Crippen molar-refractivity contribution in [2.75, 3.05) is 19.7 Å². The molecule has 2 aromatic heterocycles. The van der Waals surface area contributed by atoms with Crippen molar-refractivity contribution < 1.29 is 14.1 Å². The lowest BCUT2D eigenvalue weighted by Gasteiger charge is -2.32. The van der Waals surface area contributed by atoms with Gasteiger partial charge < -0.3 is 19.1 Å². The number of ether oxygens (including phenoxy) is 1. The maximum atomic E-state index is 12.3. The van der Waals surface area contributed by atoms with Gasteiger partial charge in [0.1, 0.15) is 17.7 Å². The van der Waals surface area contributed by atoms with Crippen LogP contribution >= 0.6 is 11.6 Å². The van der Waals surface area contributed by atoms with Gasteiger partial charge in [-0.3, -0.25) is 4.79 Å². The van der Waals surface area contributed by atoms with Crippen LogP contribution in [0.2, 0.25) is 5.15 Å². The van der Waals surface area contributed by atoms with Crippen LogP contribution in [-0.4, -0.2) is 45.6 Å². The van der Waals surface area contributed by atoms with Crippen LogP contribution in [0.25, 0.3) is 0 Å². The number of aromatic amines is 1. The van der Waals surface area contributed by atoms with Crippen LogP contribution in [0.15, 0.2) is 16.8 Å². The van der Waals surface area contributed by atoms with Gasteiger partial charge in [-0.2, -0.15) is 0 Å². The van der Waals surface area contributed by atoms with Crippen molar-refractivity contribution >= 4 is 17.5 Å². The van der Waals surface area contributed by atoms with Crippen molar-refractivity contribution in [1.82, 2.24) is 20.0 Å². The third-order valence-corrected chi connectivity index (χ3v) is 3.74. The van der Waals surface area contributed by atoms with E-state index in [1.165, 1.54) is 0 Å². The Morgan fingerprint density at radius 1 is 1.59 bits per heavy atom. The van der Waals surface area contributed by atoms with Crippen molar-refractivity contribution in [2.24, 2.45) is 0 Å². The fourth-order valence-electron chi connectivity index (χ4n) is 2.43. The second-order valence-corrected chi connectivity index (χ2v) is 5.65. The van der Waals surface area contributed by atoms with Gasteiger partial charge >= 0.3 is 0 Å². The van der Waals surface area contributed by atoms with E-state index in [0.717, 1.165) is 11.5 Å². The summed E-state index contributed by atoms with van der Waals surface area (Å²) in [6.07, 6.45) is 2.40. The number of amides is 1. The van der Waals surface area contributed by atoms with Gasteiger partial charge in [-0.25, -0.2) is 4.98 Å². The summed E-state index contributed by atoms with van der Waals surface area (Å²) >= 11 is 5.69. The number of nitrogens with zero attached hydrogens (tertiary/aromatic N) is 3. The highest BCUT2D eigenvalue weighted by atomic mass is 35.5. The third kappa shape index (κ3) is 3.48. The number of aromatic nitrogens is 3. The van der Waals surface area contributed by atoms with Crippen LogP contribution in [0.3, 0.4) is 0 Å². The van der Waals surface area contributed by atoms with Crippen molar-refractivity contribution in [1.29, 1.82) is 0 Å². The standard InChI is InChI=1S/C14H17ClN4O3/c1-9-7-16-14(17-9)11-8-19(4-5-21-11)13(20)3-2-10-6-12(15)18-22-10/h6-7,11H,2-5,8H2,1H3,(H,16,17)/t11-/m0/s1. The van der Waals surface area contributed by atoms with Gasteiger partial charge in [-0.05, 0) is 6.92 Å². The van der Waals surface area contributed by atoms with Crippen LogP contribution in [0.4, 0.5) is 0 Å². The van der Waals surface area contributed by atoms with E-state index in [4.69, 9.17) is 20.9 Å². The van der Waals surface area contributed by atoms with Crippen LogP contribution in [0.1, 0.15) is 29.8 Å². The summed E-state index contributed by atoms with van der Waals surface area (Å²) in [7, 11) is 0. The topological polar surface area (TPSA) is 84.2 Å². The number of carbonyl (C=O) groups is 1. The maximum absolute atomic E-state index is 12.3. The van der Waals surface area contributed by atoms with E-state index in [1.54, 1.807) is 17.2 Å². The van der Waals surface area contributed by atoms with E-state index in [9.17, 15) is 4.79 Å². The smallest absolute Gasteiger partial charge is 0.223 e. The fourth-order valence-corrected chi connectivity index (χ4v) is 2.59. The summed E-state index contributed by atoms with van der Waals surface area (Å²) in [6, 6.07) is 1.63. The average molecular weight is 325 g/mol. The van der Waals surface area contributed by atoms with Gasteiger partial charge in [0.2, 0.25) is 5.91 Å². The van der Waals surface area contributed by atoms with Crippen molar-refractivity contribution in [3.63, 3.8) is 0 Å². The third-order valence-electron chi connectivity index (χ3n) is 3.56. The summed E-state index contributed by atoms with van der Waals surface area (Å²) < 4.78 is 10.7. The molecule has 1 amide bonds. The summed E-state index contributed by atoms with van der Waals surface area (Å²) in [5, 5.41) is 3.90. The van der Waals surface area contributed by atoms with Crippen LogP contribution in [0.5, 0.6) is 0 Å². The molecule has 118 valence electrons. The normalized spacial score (nSPS) is 18.6. The molecule has 0 bridgehead atoms. The molecule has 0 saturated carbocycles. The van der Waals surface area contributed by atoms with E-state index in [0.29, 0.717) is 43.5 Å². The Labute approximate surface area is 132 Å². The molecule has 1 saturated heterocycles. The second-order valence-electron chi connectivity index (χ2n) is 5.27. The summed E-state index contributed by atoms with van der Waals surface area (Å²) in [5.41, 5.74) is 0.976. The van der Waals surface area contributed by atoms with E-state index >= 15 is 0 Å². The predicted molar refractivity (Wildman–Crippen MR) is 78.4 cm³/mol. The predicted octanol–water partition coefficient (Wildman–Crippen LogP) is 1.89. The quantitative estimate of drug-likeness (QED) is 0.928. The van der Waals surface area contributed by atoms with Gasteiger partial charge in [0, 0.05) is 37.3 Å². The molecule has 7 nitrogen and oxygen atoms in total. The van der Waals surface area contributed by atoms with Crippen molar-refractivity contribution in [3.8, 4) is 0 Å². The van der Waals surface area contributed by atoms with E-state index in [1.807, 2.05) is 6.92 Å². The number of halogens is 1. The van der Waals surface area contributed by atoms with E-state index in [2.05, 4.69) is 15.1 Å². The molecule has 1 fully saturated rings. The van der Waals surface area contributed by atoms with E-state index in [-0.39, 0.29) is 12.0 Å². The monoisotopic (exact) mass is 324 g/mol. The van der Waals surface area contributed by atoms with Crippen molar-refractivity contribution in [3.05, 3.63) is 34.7 Å². The maximum Gasteiger partial charge on any atom is 0.223 e. The van der Waals surface area contributed by atoms with Crippen LogP contribution in [0, 0.1) is 6.92 Å². The molecular formula is C14H17ClN4O3. The number of nitrogens with one attached hydrogen (secondary N) is 1. The summed E-state index contributed by atoms with van der Waals surface area (Å²) in [5.74, 6) is 1.44. The Balaban J connectivity index is 1.55. The molecule has 0 spiro atoms. The number of imidazole rings is 1. The van der Waals surface area contributed by atoms with E-state index < -0.39 is 0 Å². The van der Waals surface area contributed by atoms with Crippen LogP contribution < -0.4 is 0 Å². The Morgan fingerprint density at radius 3 is 3.14 bits per heavy atom. The average Bonchev–Trinajstić information content (AvgIpc) is 3.13. The first-order valence-electron chi connectivity index (χ1n) is 7.14. The number of rotatable bonds is 4. The highest BCUT2D eigenvalue weighted by Gasteiger charge is 2.27. The lowest BCUT2D eigenvalue weighted by Crippen LogP contribution is -2.42. The zero-order valence-corrected chi connectivity index (χ0v) is 13.0. The summed E-state index contributed by atoms with van der Waals surface area (Å²) in [4.78, 5) is 21.5. The minimum Gasteiger partial charge on any atom is -0.367 e. The Morgan fingerprint density at radius 2 is 2.45 bits per heavy atom. The number of hydrogen-bond acceptors (Lipinski definition) is 5. The highest BCUT2D eigenvalue weighted by Crippen LogP contribution is 2.20. The molecule has 0 radical (unpaired) electrons. The molecule has 3 heterocycles. The molecule has 22 heavy (non-hydrogen) atoms. The molecule has 0 unspecified atom stereocenters. The minimum atomic E-state index is -0.203.